The lowest BCUT2D eigenvalue weighted by Gasteiger charge is -2.31. The van der Waals surface area contributed by atoms with Crippen molar-refractivity contribution in [3.05, 3.63) is 83.7 Å². The van der Waals surface area contributed by atoms with Crippen molar-refractivity contribution in [2.24, 2.45) is 0 Å². The third kappa shape index (κ3) is 3.60. The Hall–Kier alpha value is -3.41. The van der Waals surface area contributed by atoms with Crippen molar-refractivity contribution in [2.75, 3.05) is 11.4 Å². The molecule has 0 spiro atoms. The molecule has 3 aromatic rings. The number of carbonyl (C=O) groups is 2. The fourth-order valence-electron chi connectivity index (χ4n) is 3.31. The van der Waals surface area contributed by atoms with Gasteiger partial charge in [0.25, 0.3) is 5.91 Å². The van der Waals surface area contributed by atoms with Crippen LogP contribution in [0.5, 0.6) is 0 Å². The molecule has 0 radical (unpaired) electrons. The average Bonchev–Trinajstić information content (AvgIpc) is 3.23. The number of nitrogens with zero attached hydrogens (tertiary/aromatic N) is 3. The van der Waals surface area contributed by atoms with Crippen LogP contribution in [0.25, 0.3) is 0 Å². The molecule has 0 aliphatic carbocycles. The molecule has 4 rings (SSSR count). The van der Waals surface area contributed by atoms with Crippen LogP contribution >= 0.6 is 0 Å². The Bertz CT molecular complexity index is 938. The highest BCUT2D eigenvalue weighted by atomic mass is 16.5. The molecule has 2 amide bonds. The second-order valence-electron chi connectivity index (χ2n) is 6.45. The van der Waals surface area contributed by atoms with Crippen molar-refractivity contribution < 1.29 is 14.1 Å². The van der Waals surface area contributed by atoms with Gasteiger partial charge in [-0.05, 0) is 17.2 Å². The molecule has 0 saturated heterocycles. The van der Waals surface area contributed by atoms with Gasteiger partial charge in [-0.1, -0.05) is 53.7 Å². The molecule has 1 aliphatic heterocycles. The van der Waals surface area contributed by atoms with E-state index in [1.807, 2.05) is 59.5 Å². The Morgan fingerprint density at radius 2 is 1.81 bits per heavy atom. The van der Waals surface area contributed by atoms with E-state index in [9.17, 15) is 9.59 Å². The highest BCUT2D eigenvalue weighted by molar-refractivity contribution is 6.05. The maximum Gasteiger partial charge on any atom is 0.296 e. The number of fused-ring (bicyclic) bond motifs is 1. The Morgan fingerprint density at radius 3 is 2.59 bits per heavy atom. The Morgan fingerprint density at radius 1 is 1.04 bits per heavy atom. The molecule has 27 heavy (non-hydrogen) atoms. The summed E-state index contributed by atoms with van der Waals surface area (Å²) in [7, 11) is 0. The van der Waals surface area contributed by atoms with Crippen molar-refractivity contribution >= 4 is 17.5 Å². The van der Waals surface area contributed by atoms with Crippen molar-refractivity contribution in [1.82, 2.24) is 10.1 Å². The zero-order valence-electron chi connectivity index (χ0n) is 14.7. The van der Waals surface area contributed by atoms with Crippen LogP contribution in [0, 0.1) is 0 Å². The molecule has 0 atom stereocenters. The first-order valence-electron chi connectivity index (χ1n) is 8.84. The summed E-state index contributed by atoms with van der Waals surface area (Å²) in [5.41, 5.74) is 2.80. The molecule has 2 heterocycles. The first-order chi connectivity index (χ1) is 13.2. The van der Waals surface area contributed by atoms with Gasteiger partial charge in [-0.2, -0.15) is 0 Å². The Kier molecular flexibility index (Phi) is 4.70. The number of carbonyl (C=O) groups excluding carboxylic acids is 2. The van der Waals surface area contributed by atoms with Crippen LogP contribution in [0.3, 0.4) is 0 Å². The number of anilines is 1. The van der Waals surface area contributed by atoms with Crippen LogP contribution in [0.4, 0.5) is 5.69 Å². The maximum atomic E-state index is 12.8. The lowest BCUT2D eigenvalue weighted by molar-refractivity contribution is -0.132. The molecule has 2 aromatic carbocycles. The van der Waals surface area contributed by atoms with Gasteiger partial charge in [-0.25, -0.2) is 0 Å². The van der Waals surface area contributed by atoms with Gasteiger partial charge in [0.1, 0.15) is 0 Å². The van der Waals surface area contributed by atoms with Gasteiger partial charge in [-0.3, -0.25) is 9.59 Å². The highest BCUT2D eigenvalue weighted by Gasteiger charge is 2.28. The number of benzene rings is 2. The molecule has 1 aromatic heterocycles. The van der Waals surface area contributed by atoms with E-state index in [1.165, 1.54) is 12.3 Å². The SMILES string of the molecule is O=C1CCN(C(=O)c2ccno2)c2ccccc2CN1Cc1ccccc1. The van der Waals surface area contributed by atoms with Gasteiger partial charge in [0.15, 0.2) is 0 Å². The van der Waals surface area contributed by atoms with Crippen LogP contribution in [-0.2, 0) is 17.9 Å². The molecule has 6 nitrogen and oxygen atoms in total. The quantitative estimate of drug-likeness (QED) is 0.718. The van der Waals surface area contributed by atoms with Crippen LogP contribution in [0.1, 0.15) is 28.1 Å². The summed E-state index contributed by atoms with van der Waals surface area (Å²) >= 11 is 0. The maximum absolute atomic E-state index is 12.8. The van der Waals surface area contributed by atoms with E-state index in [0.717, 1.165) is 16.8 Å². The van der Waals surface area contributed by atoms with E-state index in [0.29, 0.717) is 19.6 Å². The summed E-state index contributed by atoms with van der Waals surface area (Å²) in [6, 6.07) is 19.1. The number of hydrogen-bond donors (Lipinski definition) is 0. The monoisotopic (exact) mass is 361 g/mol. The van der Waals surface area contributed by atoms with Crippen molar-refractivity contribution in [3.63, 3.8) is 0 Å². The second-order valence-corrected chi connectivity index (χ2v) is 6.45. The zero-order chi connectivity index (χ0) is 18.6. The highest BCUT2D eigenvalue weighted by Crippen LogP contribution is 2.27. The fourth-order valence-corrected chi connectivity index (χ4v) is 3.31. The van der Waals surface area contributed by atoms with Crippen molar-refractivity contribution in [3.8, 4) is 0 Å². The minimum absolute atomic E-state index is 0.0173. The molecule has 0 saturated carbocycles. The normalized spacial score (nSPS) is 14.4. The minimum atomic E-state index is -0.288. The Labute approximate surface area is 157 Å². The van der Waals surface area contributed by atoms with Crippen LogP contribution in [0.15, 0.2) is 71.4 Å². The summed E-state index contributed by atoms with van der Waals surface area (Å²) in [6.45, 7) is 1.29. The van der Waals surface area contributed by atoms with E-state index in [1.54, 1.807) is 4.90 Å². The smallest absolute Gasteiger partial charge is 0.296 e. The van der Waals surface area contributed by atoms with E-state index in [4.69, 9.17) is 4.52 Å². The third-order valence-corrected chi connectivity index (χ3v) is 4.66. The number of rotatable bonds is 3. The van der Waals surface area contributed by atoms with Crippen LogP contribution in [0.2, 0.25) is 0 Å². The van der Waals surface area contributed by atoms with Gasteiger partial charge in [-0.15, -0.1) is 0 Å². The summed E-state index contributed by atoms with van der Waals surface area (Å²) in [4.78, 5) is 29.1. The molecule has 0 N–H and O–H groups in total. The molecule has 0 unspecified atom stereocenters. The lowest BCUT2D eigenvalue weighted by Crippen LogP contribution is -2.40. The zero-order valence-corrected chi connectivity index (χ0v) is 14.7. The van der Waals surface area contributed by atoms with E-state index in [-0.39, 0.29) is 24.0 Å². The van der Waals surface area contributed by atoms with Gasteiger partial charge >= 0.3 is 0 Å². The minimum Gasteiger partial charge on any atom is -0.351 e. The van der Waals surface area contributed by atoms with Gasteiger partial charge in [0.2, 0.25) is 11.7 Å². The van der Waals surface area contributed by atoms with Crippen LogP contribution < -0.4 is 4.90 Å². The predicted molar refractivity (Wildman–Crippen MR) is 99.9 cm³/mol. The van der Waals surface area contributed by atoms with Crippen molar-refractivity contribution in [1.29, 1.82) is 0 Å². The molecular formula is C21H19N3O3. The van der Waals surface area contributed by atoms with Gasteiger partial charge in [0.05, 0.1) is 6.20 Å². The lowest BCUT2D eigenvalue weighted by atomic mass is 10.1. The van der Waals surface area contributed by atoms with Gasteiger partial charge < -0.3 is 14.3 Å². The average molecular weight is 361 g/mol. The van der Waals surface area contributed by atoms with E-state index >= 15 is 0 Å². The van der Waals surface area contributed by atoms with Crippen LogP contribution in [-0.4, -0.2) is 28.4 Å². The number of amides is 2. The third-order valence-electron chi connectivity index (χ3n) is 4.66. The molecule has 0 fully saturated rings. The standard InChI is InChI=1S/C21H19N3O3/c25-20-11-13-24(21(26)19-10-12-22-27-19)18-9-5-4-8-17(18)15-23(20)14-16-6-2-1-3-7-16/h1-10,12H,11,13-15H2. The predicted octanol–water partition coefficient (Wildman–Crippen LogP) is 3.25. The number of para-hydroxylation sites is 1. The summed E-state index contributed by atoms with van der Waals surface area (Å²) in [6.07, 6.45) is 1.69. The van der Waals surface area contributed by atoms with Gasteiger partial charge in [0, 0.05) is 37.8 Å². The molecule has 0 bridgehead atoms. The topological polar surface area (TPSA) is 66.7 Å². The molecular weight excluding hydrogens is 342 g/mol. The molecule has 136 valence electrons. The van der Waals surface area contributed by atoms with Crippen molar-refractivity contribution in [2.45, 2.75) is 19.5 Å². The summed E-state index contributed by atoms with van der Waals surface area (Å²) in [5.74, 6) is -0.105. The molecule has 6 heteroatoms. The fraction of sp³-hybridized carbons (Fsp3) is 0.190. The first-order valence-corrected chi connectivity index (χ1v) is 8.84. The molecule has 1 aliphatic rings. The number of hydrogen-bond acceptors (Lipinski definition) is 4. The van der Waals surface area contributed by atoms with E-state index in [2.05, 4.69) is 5.16 Å². The van der Waals surface area contributed by atoms with E-state index < -0.39 is 0 Å². The number of aromatic nitrogens is 1. The largest absolute Gasteiger partial charge is 0.351 e. The second kappa shape index (κ2) is 7.45. The summed E-state index contributed by atoms with van der Waals surface area (Å²) in [5, 5.41) is 3.61. The first kappa shape index (κ1) is 17.0. The Balaban J connectivity index is 1.65. The summed E-state index contributed by atoms with van der Waals surface area (Å²) < 4.78 is 5.03.